The molecule has 3 nitrogen and oxygen atoms in total. The summed E-state index contributed by atoms with van der Waals surface area (Å²) in [5.41, 5.74) is 7.88. The van der Waals surface area contributed by atoms with Gasteiger partial charge in [-0.15, -0.1) is 0 Å². The quantitative estimate of drug-likeness (QED) is 0.871. The molecule has 1 fully saturated rings. The fraction of sp³-hybridized carbons (Fsp3) is 0.643. The van der Waals surface area contributed by atoms with Crippen molar-refractivity contribution in [3.63, 3.8) is 0 Å². The van der Waals surface area contributed by atoms with E-state index in [1.54, 1.807) is 0 Å². The van der Waals surface area contributed by atoms with Gasteiger partial charge in [-0.1, -0.05) is 19.9 Å². The fourth-order valence-corrected chi connectivity index (χ4v) is 2.51. The Balaban J connectivity index is 2.11. The molecule has 0 bridgehead atoms. The van der Waals surface area contributed by atoms with Gasteiger partial charge < -0.3 is 10.6 Å². The van der Waals surface area contributed by atoms with Crippen LogP contribution in [-0.4, -0.2) is 18.1 Å². The van der Waals surface area contributed by atoms with E-state index in [1.807, 2.05) is 6.92 Å². The zero-order chi connectivity index (χ0) is 12.4. The highest BCUT2D eigenvalue weighted by Crippen LogP contribution is 2.27. The van der Waals surface area contributed by atoms with E-state index in [0.29, 0.717) is 6.54 Å². The van der Waals surface area contributed by atoms with Crippen molar-refractivity contribution in [2.45, 2.75) is 33.7 Å². The number of hydrogen-bond acceptors (Lipinski definition) is 3. The van der Waals surface area contributed by atoms with Gasteiger partial charge in [-0.3, -0.25) is 0 Å². The first kappa shape index (κ1) is 12.4. The van der Waals surface area contributed by atoms with E-state index in [2.05, 4.69) is 35.9 Å². The zero-order valence-electron chi connectivity index (χ0n) is 11.1. The lowest BCUT2D eigenvalue weighted by Crippen LogP contribution is -2.22. The molecule has 1 saturated heterocycles. The Morgan fingerprint density at radius 2 is 2.24 bits per heavy atom. The second-order valence-corrected chi connectivity index (χ2v) is 5.36. The van der Waals surface area contributed by atoms with E-state index in [-0.39, 0.29) is 0 Å². The smallest absolute Gasteiger partial charge is 0.128 e. The van der Waals surface area contributed by atoms with Gasteiger partial charge >= 0.3 is 0 Å². The van der Waals surface area contributed by atoms with Crippen LogP contribution in [0.3, 0.4) is 0 Å². The van der Waals surface area contributed by atoms with Crippen molar-refractivity contribution >= 4 is 5.82 Å². The first-order valence-corrected chi connectivity index (χ1v) is 6.53. The second kappa shape index (κ2) is 5.05. The molecule has 1 aromatic heterocycles. The lowest BCUT2D eigenvalue weighted by Gasteiger charge is -2.20. The van der Waals surface area contributed by atoms with Crippen LogP contribution < -0.4 is 10.6 Å². The first-order chi connectivity index (χ1) is 8.11. The maximum absolute atomic E-state index is 5.66. The van der Waals surface area contributed by atoms with Gasteiger partial charge in [0.1, 0.15) is 5.82 Å². The lowest BCUT2D eigenvalue weighted by atomic mass is 9.95. The van der Waals surface area contributed by atoms with Crippen molar-refractivity contribution in [1.82, 2.24) is 4.98 Å². The van der Waals surface area contributed by atoms with Gasteiger partial charge in [0.25, 0.3) is 0 Å². The number of pyridine rings is 1. The Kier molecular flexibility index (Phi) is 3.67. The van der Waals surface area contributed by atoms with Crippen molar-refractivity contribution in [2.75, 3.05) is 18.0 Å². The molecule has 17 heavy (non-hydrogen) atoms. The summed E-state index contributed by atoms with van der Waals surface area (Å²) < 4.78 is 0. The number of hydrogen-bond donors (Lipinski definition) is 1. The zero-order valence-corrected chi connectivity index (χ0v) is 11.1. The third-order valence-electron chi connectivity index (χ3n) is 3.89. The van der Waals surface area contributed by atoms with Crippen molar-refractivity contribution in [3.05, 3.63) is 23.4 Å². The molecule has 1 aliphatic rings. The molecule has 0 radical (unpaired) electrons. The third kappa shape index (κ3) is 2.60. The molecule has 0 aliphatic carbocycles. The lowest BCUT2D eigenvalue weighted by molar-refractivity contribution is 0.422. The maximum Gasteiger partial charge on any atom is 0.128 e. The SMILES string of the molecule is Cc1nc(N2CCC(C(C)C)C2)ccc1CN. The van der Waals surface area contributed by atoms with Gasteiger partial charge in [0.05, 0.1) is 0 Å². The fourth-order valence-electron chi connectivity index (χ4n) is 2.51. The molecular weight excluding hydrogens is 210 g/mol. The van der Waals surface area contributed by atoms with Crippen molar-refractivity contribution in [3.8, 4) is 0 Å². The van der Waals surface area contributed by atoms with E-state index < -0.39 is 0 Å². The Hall–Kier alpha value is -1.09. The highest BCUT2D eigenvalue weighted by Gasteiger charge is 2.25. The molecule has 1 unspecified atom stereocenters. The molecule has 0 spiro atoms. The van der Waals surface area contributed by atoms with Gasteiger partial charge in [0.15, 0.2) is 0 Å². The van der Waals surface area contributed by atoms with Crippen LogP contribution >= 0.6 is 0 Å². The molecule has 1 aliphatic heterocycles. The minimum absolute atomic E-state index is 0.577. The Morgan fingerprint density at radius 1 is 1.47 bits per heavy atom. The molecule has 2 N–H and O–H groups in total. The molecule has 94 valence electrons. The number of aryl methyl sites for hydroxylation is 1. The predicted molar refractivity (Wildman–Crippen MR) is 72.0 cm³/mol. The summed E-state index contributed by atoms with van der Waals surface area (Å²) in [4.78, 5) is 7.07. The van der Waals surface area contributed by atoms with E-state index >= 15 is 0 Å². The van der Waals surface area contributed by atoms with Crippen molar-refractivity contribution in [2.24, 2.45) is 17.6 Å². The number of anilines is 1. The number of nitrogens with zero attached hydrogens (tertiary/aromatic N) is 2. The van der Waals surface area contributed by atoms with Crippen molar-refractivity contribution in [1.29, 1.82) is 0 Å². The van der Waals surface area contributed by atoms with Gasteiger partial charge in [0, 0.05) is 25.3 Å². The first-order valence-electron chi connectivity index (χ1n) is 6.53. The Labute approximate surface area is 104 Å². The summed E-state index contributed by atoms with van der Waals surface area (Å²) in [7, 11) is 0. The highest BCUT2D eigenvalue weighted by molar-refractivity contribution is 5.42. The average Bonchev–Trinajstić information content (AvgIpc) is 2.78. The molecule has 2 heterocycles. The van der Waals surface area contributed by atoms with Crippen LogP contribution in [0, 0.1) is 18.8 Å². The van der Waals surface area contributed by atoms with Crippen LogP contribution in [0.2, 0.25) is 0 Å². The topological polar surface area (TPSA) is 42.2 Å². The number of nitrogens with two attached hydrogens (primary N) is 1. The second-order valence-electron chi connectivity index (χ2n) is 5.36. The molecule has 0 aromatic carbocycles. The molecule has 3 heteroatoms. The maximum atomic E-state index is 5.66. The average molecular weight is 233 g/mol. The van der Waals surface area contributed by atoms with Gasteiger partial charge in [-0.05, 0) is 36.8 Å². The van der Waals surface area contributed by atoms with E-state index in [1.165, 1.54) is 6.42 Å². The summed E-state index contributed by atoms with van der Waals surface area (Å²) >= 11 is 0. The number of aromatic nitrogens is 1. The summed E-state index contributed by atoms with van der Waals surface area (Å²) in [6.45, 7) is 9.52. The molecule has 0 amide bonds. The van der Waals surface area contributed by atoms with Crippen LogP contribution in [0.5, 0.6) is 0 Å². The van der Waals surface area contributed by atoms with E-state index in [9.17, 15) is 0 Å². The van der Waals surface area contributed by atoms with Crippen LogP contribution in [-0.2, 0) is 6.54 Å². The number of rotatable bonds is 3. The minimum Gasteiger partial charge on any atom is -0.356 e. The summed E-state index contributed by atoms with van der Waals surface area (Å²) in [6, 6.07) is 4.22. The predicted octanol–water partition coefficient (Wildman–Crippen LogP) is 2.33. The third-order valence-corrected chi connectivity index (χ3v) is 3.89. The largest absolute Gasteiger partial charge is 0.356 e. The molecule has 1 aromatic rings. The summed E-state index contributed by atoms with van der Waals surface area (Å²) in [5.74, 6) is 2.69. The van der Waals surface area contributed by atoms with Crippen LogP contribution in [0.1, 0.15) is 31.5 Å². The Morgan fingerprint density at radius 3 is 2.76 bits per heavy atom. The van der Waals surface area contributed by atoms with Crippen LogP contribution in [0.15, 0.2) is 12.1 Å². The summed E-state index contributed by atoms with van der Waals surface area (Å²) in [6.07, 6.45) is 1.29. The van der Waals surface area contributed by atoms with E-state index in [4.69, 9.17) is 5.73 Å². The standard InChI is InChI=1S/C14H23N3/c1-10(2)13-6-7-17(9-13)14-5-4-12(8-15)11(3)16-14/h4-5,10,13H,6-9,15H2,1-3H3. The van der Waals surface area contributed by atoms with E-state index in [0.717, 1.165) is 42.0 Å². The highest BCUT2D eigenvalue weighted by atomic mass is 15.2. The van der Waals surface area contributed by atoms with Gasteiger partial charge in [-0.25, -0.2) is 4.98 Å². The molecule has 1 atom stereocenters. The van der Waals surface area contributed by atoms with Gasteiger partial charge in [0.2, 0.25) is 0 Å². The van der Waals surface area contributed by atoms with Crippen molar-refractivity contribution < 1.29 is 0 Å². The van der Waals surface area contributed by atoms with Gasteiger partial charge in [-0.2, -0.15) is 0 Å². The Bertz CT molecular complexity index is 387. The molecule has 2 rings (SSSR count). The monoisotopic (exact) mass is 233 g/mol. The molecule has 0 saturated carbocycles. The normalized spacial score (nSPS) is 20.3. The summed E-state index contributed by atoms with van der Waals surface area (Å²) in [5, 5.41) is 0. The van der Waals surface area contributed by atoms with Crippen LogP contribution in [0.25, 0.3) is 0 Å². The van der Waals surface area contributed by atoms with Crippen LogP contribution in [0.4, 0.5) is 5.82 Å². The minimum atomic E-state index is 0.577. The molecular formula is C14H23N3.